The van der Waals surface area contributed by atoms with Crippen molar-refractivity contribution >= 4 is 23.2 Å². The van der Waals surface area contributed by atoms with E-state index in [1.807, 2.05) is 30.3 Å². The highest BCUT2D eigenvalue weighted by Crippen LogP contribution is 2.46. The number of ketones is 1. The van der Waals surface area contributed by atoms with E-state index in [4.69, 9.17) is 0 Å². The average Bonchev–Trinajstić information content (AvgIpc) is 2.54. The quantitative estimate of drug-likeness (QED) is 0.835. The van der Waals surface area contributed by atoms with E-state index in [9.17, 15) is 4.79 Å². The number of carbonyl (C=O) groups is 1. The van der Waals surface area contributed by atoms with Gasteiger partial charge in [-0.2, -0.15) is 0 Å². The summed E-state index contributed by atoms with van der Waals surface area (Å²) < 4.78 is 0. The van der Waals surface area contributed by atoms with Gasteiger partial charge in [0.15, 0.2) is 5.78 Å². The number of fused-ring (bicyclic) bond motifs is 1. The van der Waals surface area contributed by atoms with E-state index in [2.05, 4.69) is 29.6 Å². The summed E-state index contributed by atoms with van der Waals surface area (Å²) in [5.74, 6) is 0.549. The van der Waals surface area contributed by atoms with Gasteiger partial charge in [-0.1, -0.05) is 54.2 Å². The first-order valence-electron chi connectivity index (χ1n) is 7.16. The van der Waals surface area contributed by atoms with Crippen LogP contribution in [0.2, 0.25) is 0 Å². The van der Waals surface area contributed by atoms with Crippen LogP contribution in [0.5, 0.6) is 0 Å². The summed E-state index contributed by atoms with van der Waals surface area (Å²) in [5.41, 5.74) is 3.45. The van der Waals surface area contributed by atoms with Crippen LogP contribution in [-0.4, -0.2) is 5.78 Å². The molecule has 0 radical (unpaired) electrons. The van der Waals surface area contributed by atoms with Crippen molar-refractivity contribution in [3.05, 3.63) is 70.8 Å². The second-order valence-corrected chi connectivity index (χ2v) is 6.52. The molecule has 21 heavy (non-hydrogen) atoms. The Hall–Kier alpha value is -2.00. The van der Waals surface area contributed by atoms with Crippen LogP contribution in [0, 0.1) is 0 Å². The molecule has 0 saturated carbocycles. The molecule has 3 heteroatoms. The van der Waals surface area contributed by atoms with Crippen LogP contribution in [0.4, 0.5) is 5.69 Å². The van der Waals surface area contributed by atoms with Crippen LogP contribution >= 0.6 is 11.8 Å². The first-order chi connectivity index (χ1) is 10.3. The van der Waals surface area contributed by atoms with Gasteiger partial charge in [-0.3, -0.25) is 4.79 Å². The zero-order valence-corrected chi connectivity index (χ0v) is 12.3. The fourth-order valence-corrected chi connectivity index (χ4v) is 4.06. The minimum atomic E-state index is 0.261. The molecule has 1 aliphatic carbocycles. The van der Waals surface area contributed by atoms with E-state index < -0.39 is 0 Å². The molecule has 4 rings (SSSR count). The number of carbonyl (C=O) groups excluding carboxylic acids is 1. The molecular weight excluding hydrogens is 278 g/mol. The molecule has 0 fully saturated rings. The number of Topliss-reactive ketones (excluding diaryl/α,β-unsaturated/α-hetero) is 1. The zero-order valence-electron chi connectivity index (χ0n) is 11.5. The summed E-state index contributed by atoms with van der Waals surface area (Å²) in [4.78, 5) is 14.5. The molecule has 1 atom stereocenters. The fourth-order valence-electron chi connectivity index (χ4n) is 3.01. The van der Waals surface area contributed by atoms with Crippen molar-refractivity contribution in [2.24, 2.45) is 0 Å². The van der Waals surface area contributed by atoms with Gasteiger partial charge in [0.05, 0.1) is 10.6 Å². The molecule has 2 aliphatic rings. The average molecular weight is 293 g/mol. The summed E-state index contributed by atoms with van der Waals surface area (Å²) in [5, 5.41) is 3.47. The minimum absolute atomic E-state index is 0.261. The fraction of sp³-hybridized carbons (Fsp3) is 0.167. The lowest BCUT2D eigenvalue weighted by Crippen LogP contribution is -2.22. The van der Waals surface area contributed by atoms with Crippen LogP contribution in [0.1, 0.15) is 24.3 Å². The van der Waals surface area contributed by atoms with Crippen LogP contribution in [0.15, 0.2) is 70.1 Å². The van der Waals surface area contributed by atoms with Crippen molar-refractivity contribution in [3.8, 4) is 0 Å². The van der Waals surface area contributed by atoms with Crippen molar-refractivity contribution in [2.45, 2.75) is 23.7 Å². The van der Waals surface area contributed by atoms with Gasteiger partial charge in [0.1, 0.15) is 0 Å². The van der Waals surface area contributed by atoms with Gasteiger partial charge in [0, 0.05) is 17.0 Å². The summed E-state index contributed by atoms with van der Waals surface area (Å²) >= 11 is 1.61. The van der Waals surface area contributed by atoms with Crippen molar-refractivity contribution in [2.75, 3.05) is 5.32 Å². The molecule has 0 bridgehead atoms. The monoisotopic (exact) mass is 293 g/mol. The molecule has 1 N–H and O–H groups in total. The Morgan fingerprint density at radius 3 is 2.57 bits per heavy atom. The lowest BCUT2D eigenvalue weighted by molar-refractivity contribution is -0.115. The van der Waals surface area contributed by atoms with Gasteiger partial charge in [-0.05, 0) is 30.0 Å². The van der Waals surface area contributed by atoms with E-state index in [1.54, 1.807) is 11.8 Å². The maximum atomic E-state index is 12.5. The second kappa shape index (κ2) is 5.08. The van der Waals surface area contributed by atoms with Gasteiger partial charge in [0.25, 0.3) is 0 Å². The molecular formula is C18H15NOS. The standard InChI is InChI=1S/C18H15NOS/c20-16-11-13(12-6-2-1-3-7-12)10-15-18(16)21-17-9-5-4-8-14(17)19-15/h1-9,13,19H,10-11H2. The Labute approximate surface area is 128 Å². The molecule has 1 aliphatic heterocycles. The first kappa shape index (κ1) is 12.7. The van der Waals surface area contributed by atoms with Gasteiger partial charge >= 0.3 is 0 Å². The summed E-state index contributed by atoms with van der Waals surface area (Å²) in [6.45, 7) is 0. The predicted octanol–water partition coefficient (Wildman–Crippen LogP) is 4.56. The number of benzene rings is 2. The molecule has 104 valence electrons. The molecule has 0 saturated heterocycles. The van der Waals surface area contributed by atoms with Crippen molar-refractivity contribution in [3.63, 3.8) is 0 Å². The second-order valence-electron chi connectivity index (χ2n) is 5.47. The number of para-hydroxylation sites is 1. The summed E-state index contributed by atoms with van der Waals surface area (Å²) in [6.07, 6.45) is 1.52. The van der Waals surface area contributed by atoms with Gasteiger partial charge in [-0.25, -0.2) is 0 Å². The highest BCUT2D eigenvalue weighted by atomic mass is 32.2. The molecule has 2 aromatic rings. The number of anilines is 1. The Morgan fingerprint density at radius 1 is 0.952 bits per heavy atom. The third-order valence-corrected chi connectivity index (χ3v) is 5.32. The molecule has 2 nitrogen and oxygen atoms in total. The Morgan fingerprint density at radius 2 is 1.71 bits per heavy atom. The first-order valence-corrected chi connectivity index (χ1v) is 7.98. The third kappa shape index (κ3) is 2.28. The van der Waals surface area contributed by atoms with Crippen molar-refractivity contribution in [1.82, 2.24) is 0 Å². The Bertz CT molecular complexity index is 736. The Kier molecular flexibility index (Phi) is 3.08. The largest absolute Gasteiger partial charge is 0.357 e. The Balaban J connectivity index is 1.67. The molecule has 1 unspecified atom stereocenters. The van der Waals surface area contributed by atoms with E-state index in [0.717, 1.165) is 27.6 Å². The molecule has 1 heterocycles. The highest BCUT2D eigenvalue weighted by Gasteiger charge is 2.32. The number of thioether (sulfide) groups is 1. The smallest absolute Gasteiger partial charge is 0.171 e. The van der Waals surface area contributed by atoms with Crippen LogP contribution < -0.4 is 5.32 Å². The van der Waals surface area contributed by atoms with E-state index in [1.165, 1.54) is 5.56 Å². The van der Waals surface area contributed by atoms with Gasteiger partial charge in [0.2, 0.25) is 0 Å². The van der Waals surface area contributed by atoms with Gasteiger partial charge < -0.3 is 5.32 Å². The van der Waals surface area contributed by atoms with Crippen LogP contribution in [-0.2, 0) is 4.79 Å². The van der Waals surface area contributed by atoms with E-state index in [-0.39, 0.29) is 11.7 Å². The van der Waals surface area contributed by atoms with Crippen LogP contribution in [0.25, 0.3) is 0 Å². The molecule has 0 spiro atoms. The predicted molar refractivity (Wildman–Crippen MR) is 86.4 cm³/mol. The lowest BCUT2D eigenvalue weighted by atomic mass is 9.85. The number of nitrogens with one attached hydrogen (secondary N) is 1. The summed E-state index contributed by atoms with van der Waals surface area (Å²) in [7, 11) is 0. The third-order valence-electron chi connectivity index (χ3n) is 4.07. The van der Waals surface area contributed by atoms with E-state index in [0.29, 0.717) is 6.42 Å². The number of hydrogen-bond acceptors (Lipinski definition) is 3. The molecule has 2 aromatic carbocycles. The van der Waals surface area contributed by atoms with Crippen molar-refractivity contribution in [1.29, 1.82) is 0 Å². The lowest BCUT2D eigenvalue weighted by Gasteiger charge is -2.31. The maximum absolute atomic E-state index is 12.5. The normalized spacial score (nSPS) is 20.6. The minimum Gasteiger partial charge on any atom is -0.357 e. The van der Waals surface area contributed by atoms with Gasteiger partial charge in [-0.15, -0.1) is 0 Å². The highest BCUT2D eigenvalue weighted by molar-refractivity contribution is 8.04. The van der Waals surface area contributed by atoms with Crippen LogP contribution in [0.3, 0.4) is 0 Å². The summed E-state index contributed by atoms with van der Waals surface area (Å²) in [6, 6.07) is 18.5. The SMILES string of the molecule is O=C1CC(c2ccccc2)CC2=C1Sc1ccccc1N2. The topological polar surface area (TPSA) is 29.1 Å². The molecule has 0 amide bonds. The maximum Gasteiger partial charge on any atom is 0.171 e. The number of hydrogen-bond donors (Lipinski definition) is 1. The molecule has 0 aromatic heterocycles. The van der Waals surface area contributed by atoms with E-state index >= 15 is 0 Å². The van der Waals surface area contributed by atoms with Crippen molar-refractivity contribution < 1.29 is 4.79 Å². The zero-order chi connectivity index (χ0) is 14.2. The number of rotatable bonds is 1. The number of allylic oxidation sites excluding steroid dienone is 2.